The van der Waals surface area contributed by atoms with Gasteiger partial charge in [0, 0.05) is 32.7 Å². The minimum atomic E-state index is -0.0680. The molecule has 2 aliphatic heterocycles. The molecule has 2 aromatic carbocycles. The van der Waals surface area contributed by atoms with E-state index in [1.807, 2.05) is 30.0 Å². The number of hydrogen-bond acceptors (Lipinski definition) is 4. The minimum Gasteiger partial charge on any atom is -0.495 e. The smallest absolute Gasteiger partial charge is 0.321 e. The molecule has 4 rings (SSSR count). The fourth-order valence-corrected chi connectivity index (χ4v) is 4.63. The quantitative estimate of drug-likeness (QED) is 0.713. The first kappa shape index (κ1) is 22.6. The van der Waals surface area contributed by atoms with Crippen LogP contribution in [-0.4, -0.2) is 61.3 Å². The summed E-state index contributed by atoms with van der Waals surface area (Å²) in [5, 5.41) is 3.01. The molecule has 32 heavy (non-hydrogen) atoms. The average Bonchev–Trinajstić information content (AvgIpc) is 2.82. The molecule has 0 radical (unpaired) electrons. The number of methoxy groups -OCH3 is 1. The monoisotopic (exact) mass is 437 g/mol. The summed E-state index contributed by atoms with van der Waals surface area (Å²) < 4.78 is 11.8. The highest BCUT2D eigenvalue weighted by atomic mass is 16.5. The van der Waals surface area contributed by atoms with Gasteiger partial charge < -0.3 is 19.7 Å². The number of benzene rings is 2. The second-order valence-electron chi connectivity index (χ2n) is 8.92. The van der Waals surface area contributed by atoms with Crippen LogP contribution in [0.5, 0.6) is 5.75 Å². The van der Waals surface area contributed by atoms with Crippen LogP contribution >= 0.6 is 0 Å². The zero-order chi connectivity index (χ0) is 22.3. The maximum atomic E-state index is 12.7. The number of nitrogens with one attached hydrogen (secondary N) is 1. The zero-order valence-corrected chi connectivity index (χ0v) is 19.3. The molecule has 2 heterocycles. The lowest BCUT2D eigenvalue weighted by molar-refractivity contribution is -0.0616. The van der Waals surface area contributed by atoms with Crippen molar-refractivity contribution in [3.63, 3.8) is 0 Å². The fraction of sp³-hybridized carbons (Fsp3) is 0.500. The van der Waals surface area contributed by atoms with Crippen molar-refractivity contribution in [1.29, 1.82) is 0 Å². The third-order valence-electron chi connectivity index (χ3n) is 6.49. The van der Waals surface area contributed by atoms with Crippen LogP contribution in [0.25, 0.3) is 0 Å². The van der Waals surface area contributed by atoms with Crippen LogP contribution < -0.4 is 10.1 Å². The van der Waals surface area contributed by atoms with E-state index in [1.54, 1.807) is 7.11 Å². The molecular formula is C26H35N3O3. The topological polar surface area (TPSA) is 54.0 Å². The molecule has 2 aliphatic rings. The Morgan fingerprint density at radius 2 is 1.62 bits per heavy atom. The molecular weight excluding hydrogens is 402 g/mol. The number of carbonyl (C=O) groups is 1. The number of amides is 2. The lowest BCUT2D eigenvalue weighted by atomic mass is 10.0. The molecule has 0 saturated carbocycles. The summed E-state index contributed by atoms with van der Waals surface area (Å²) in [5.41, 5.74) is 3.18. The van der Waals surface area contributed by atoms with Gasteiger partial charge in [-0.15, -0.1) is 0 Å². The SMILES string of the molecule is COc1ccc(C)cc1NC(=O)N1CCC(OC2CCN(Cc3ccccc3)CC2)CC1. The zero-order valence-electron chi connectivity index (χ0n) is 19.3. The maximum absolute atomic E-state index is 12.7. The molecule has 0 spiro atoms. The molecule has 0 aliphatic carbocycles. The molecule has 6 heteroatoms. The van der Waals surface area contributed by atoms with Crippen molar-refractivity contribution in [3.8, 4) is 5.75 Å². The Morgan fingerprint density at radius 3 is 2.28 bits per heavy atom. The van der Waals surface area contributed by atoms with Gasteiger partial charge in [-0.05, 0) is 55.9 Å². The Labute approximate surface area is 191 Å². The van der Waals surface area contributed by atoms with E-state index in [1.165, 1.54) is 5.56 Å². The number of hydrogen-bond donors (Lipinski definition) is 1. The number of aryl methyl sites for hydroxylation is 1. The molecule has 2 saturated heterocycles. The summed E-state index contributed by atoms with van der Waals surface area (Å²) in [7, 11) is 1.62. The Balaban J connectivity index is 1.18. The van der Waals surface area contributed by atoms with E-state index in [9.17, 15) is 4.79 Å². The van der Waals surface area contributed by atoms with Crippen LogP contribution in [0.3, 0.4) is 0 Å². The van der Waals surface area contributed by atoms with Gasteiger partial charge in [0.25, 0.3) is 0 Å². The summed E-state index contributed by atoms with van der Waals surface area (Å²) in [4.78, 5) is 17.1. The number of carbonyl (C=O) groups excluding carboxylic acids is 1. The third kappa shape index (κ3) is 6.02. The predicted octanol–water partition coefficient (Wildman–Crippen LogP) is 4.68. The first-order chi connectivity index (χ1) is 15.6. The number of ether oxygens (including phenoxy) is 2. The van der Waals surface area contributed by atoms with Crippen molar-refractivity contribution in [2.75, 3.05) is 38.6 Å². The van der Waals surface area contributed by atoms with Crippen LogP contribution in [0.2, 0.25) is 0 Å². The molecule has 0 atom stereocenters. The fourth-order valence-electron chi connectivity index (χ4n) is 4.63. The summed E-state index contributed by atoms with van der Waals surface area (Å²) in [5.74, 6) is 0.681. The number of nitrogens with zero attached hydrogens (tertiary/aromatic N) is 2. The van der Waals surface area contributed by atoms with E-state index in [0.717, 1.165) is 69.7 Å². The van der Waals surface area contributed by atoms with Gasteiger partial charge >= 0.3 is 6.03 Å². The number of likely N-dealkylation sites (tertiary alicyclic amines) is 2. The number of urea groups is 1. The molecule has 0 aromatic heterocycles. The highest BCUT2D eigenvalue weighted by molar-refractivity contribution is 5.91. The molecule has 2 amide bonds. The first-order valence-corrected chi connectivity index (χ1v) is 11.7. The van der Waals surface area contributed by atoms with Crippen molar-refractivity contribution < 1.29 is 14.3 Å². The van der Waals surface area contributed by atoms with E-state index < -0.39 is 0 Å². The number of rotatable bonds is 6. The lowest BCUT2D eigenvalue weighted by Gasteiger charge is -2.37. The summed E-state index contributed by atoms with van der Waals surface area (Å²) >= 11 is 0. The van der Waals surface area contributed by atoms with Crippen molar-refractivity contribution in [2.24, 2.45) is 0 Å². The van der Waals surface area contributed by atoms with E-state index in [4.69, 9.17) is 9.47 Å². The highest BCUT2D eigenvalue weighted by Crippen LogP contribution is 2.27. The van der Waals surface area contributed by atoms with Gasteiger partial charge in [-0.3, -0.25) is 4.90 Å². The van der Waals surface area contributed by atoms with Gasteiger partial charge in [-0.25, -0.2) is 4.79 Å². The molecule has 0 bridgehead atoms. The van der Waals surface area contributed by atoms with Crippen LogP contribution in [0.4, 0.5) is 10.5 Å². The first-order valence-electron chi connectivity index (χ1n) is 11.7. The minimum absolute atomic E-state index is 0.0680. The average molecular weight is 438 g/mol. The Bertz CT molecular complexity index is 873. The Morgan fingerprint density at radius 1 is 0.969 bits per heavy atom. The van der Waals surface area contributed by atoms with E-state index >= 15 is 0 Å². The summed E-state index contributed by atoms with van der Waals surface area (Å²) in [6, 6.07) is 16.4. The number of piperidine rings is 2. The van der Waals surface area contributed by atoms with E-state index in [2.05, 4.69) is 40.5 Å². The second kappa shape index (κ2) is 10.8. The molecule has 1 N–H and O–H groups in total. The summed E-state index contributed by atoms with van der Waals surface area (Å²) in [6.45, 7) is 6.63. The van der Waals surface area contributed by atoms with E-state index in [-0.39, 0.29) is 12.1 Å². The molecule has 2 aromatic rings. The largest absolute Gasteiger partial charge is 0.495 e. The molecule has 0 unspecified atom stereocenters. The predicted molar refractivity (Wildman–Crippen MR) is 127 cm³/mol. The standard InChI is InChI=1S/C26H35N3O3/c1-20-8-9-25(31-2)24(18-20)27-26(30)29-16-12-23(13-17-29)32-22-10-14-28(15-11-22)19-21-6-4-3-5-7-21/h3-9,18,22-23H,10-17,19H2,1-2H3,(H,27,30). The normalized spacial score (nSPS) is 18.5. The van der Waals surface area contributed by atoms with Gasteiger partial charge in [0.2, 0.25) is 0 Å². The van der Waals surface area contributed by atoms with Crippen molar-refractivity contribution >= 4 is 11.7 Å². The van der Waals surface area contributed by atoms with Crippen LogP contribution in [0.1, 0.15) is 36.8 Å². The van der Waals surface area contributed by atoms with Gasteiger partial charge in [-0.1, -0.05) is 36.4 Å². The van der Waals surface area contributed by atoms with Gasteiger partial charge in [0.05, 0.1) is 25.0 Å². The van der Waals surface area contributed by atoms with Gasteiger partial charge in [-0.2, -0.15) is 0 Å². The van der Waals surface area contributed by atoms with E-state index in [0.29, 0.717) is 11.9 Å². The Kier molecular flexibility index (Phi) is 7.66. The maximum Gasteiger partial charge on any atom is 0.321 e. The van der Waals surface area contributed by atoms with Crippen LogP contribution in [0, 0.1) is 6.92 Å². The molecule has 2 fully saturated rings. The highest BCUT2D eigenvalue weighted by Gasteiger charge is 2.27. The molecule has 6 nitrogen and oxygen atoms in total. The molecule has 172 valence electrons. The van der Waals surface area contributed by atoms with Crippen LogP contribution in [0.15, 0.2) is 48.5 Å². The van der Waals surface area contributed by atoms with Gasteiger partial charge in [0.15, 0.2) is 0 Å². The van der Waals surface area contributed by atoms with Crippen molar-refractivity contribution in [3.05, 3.63) is 59.7 Å². The van der Waals surface area contributed by atoms with Gasteiger partial charge in [0.1, 0.15) is 5.75 Å². The van der Waals surface area contributed by atoms with Crippen molar-refractivity contribution in [1.82, 2.24) is 9.80 Å². The summed E-state index contributed by atoms with van der Waals surface area (Å²) in [6.07, 6.45) is 4.54. The number of anilines is 1. The Hall–Kier alpha value is -2.57. The second-order valence-corrected chi connectivity index (χ2v) is 8.92. The third-order valence-corrected chi connectivity index (χ3v) is 6.49. The lowest BCUT2D eigenvalue weighted by Crippen LogP contribution is -2.45. The van der Waals surface area contributed by atoms with Crippen LogP contribution in [-0.2, 0) is 11.3 Å². The van der Waals surface area contributed by atoms with Crippen molar-refractivity contribution in [2.45, 2.75) is 51.4 Å².